The summed E-state index contributed by atoms with van der Waals surface area (Å²) < 4.78 is 34.4. The molecule has 9 nitrogen and oxygen atoms in total. The number of hydrogen-bond acceptors (Lipinski definition) is 8. The maximum absolute atomic E-state index is 12.9. The third-order valence-corrected chi connectivity index (χ3v) is 17.0. The van der Waals surface area contributed by atoms with Crippen molar-refractivity contribution in [3.8, 4) is 0 Å². The molecule has 0 aromatic heterocycles. The summed E-state index contributed by atoms with van der Waals surface area (Å²) in [7, 11) is 1.15. The first-order valence-corrected chi connectivity index (χ1v) is 39.7. The van der Waals surface area contributed by atoms with Crippen molar-refractivity contribution in [2.24, 2.45) is 0 Å². The predicted molar refractivity (Wildman–Crippen MR) is 406 cm³/mol. The van der Waals surface area contributed by atoms with Crippen LogP contribution in [0.3, 0.4) is 0 Å². The van der Waals surface area contributed by atoms with Gasteiger partial charge >= 0.3 is 11.9 Å². The maximum Gasteiger partial charge on any atom is 0.306 e. The van der Waals surface area contributed by atoms with Crippen molar-refractivity contribution in [1.29, 1.82) is 0 Å². The fourth-order valence-corrected chi connectivity index (χ4v) is 11.0. The highest BCUT2D eigenvalue weighted by molar-refractivity contribution is 7.45. The highest BCUT2D eigenvalue weighted by Gasteiger charge is 2.22. The minimum Gasteiger partial charge on any atom is -0.756 e. The molecule has 0 bridgehead atoms. The van der Waals surface area contributed by atoms with Crippen LogP contribution in [0.2, 0.25) is 0 Å². The van der Waals surface area contributed by atoms with Gasteiger partial charge in [0.1, 0.15) is 19.8 Å². The Morgan fingerprint density at radius 2 is 0.606 bits per heavy atom. The number of unbranched alkanes of at least 4 members (excludes halogenated alkanes) is 29. The molecule has 94 heavy (non-hydrogen) atoms. The monoisotopic (exact) mass is 1320 g/mol. The van der Waals surface area contributed by atoms with E-state index >= 15 is 0 Å². The number of phosphoric acid groups is 1. The van der Waals surface area contributed by atoms with Crippen LogP contribution in [0.5, 0.6) is 0 Å². The maximum atomic E-state index is 12.9. The quantitative estimate of drug-likeness (QED) is 0.0195. The molecule has 0 spiro atoms. The molecule has 0 aromatic rings. The second-order valence-electron chi connectivity index (χ2n) is 26.3. The van der Waals surface area contributed by atoms with E-state index in [-0.39, 0.29) is 32.0 Å². The number of esters is 2. The van der Waals surface area contributed by atoms with E-state index in [9.17, 15) is 19.0 Å². The number of phosphoric ester groups is 1. The fraction of sp³-hybridized carbons (Fsp3) is 0.667. The molecule has 0 N–H and O–H groups in total. The van der Waals surface area contributed by atoms with Crippen molar-refractivity contribution >= 4 is 19.8 Å². The van der Waals surface area contributed by atoms with Crippen molar-refractivity contribution in [1.82, 2.24) is 0 Å². The normalized spacial score (nSPS) is 14.0. The number of quaternary nitrogens is 1. The van der Waals surface area contributed by atoms with Crippen LogP contribution in [-0.4, -0.2) is 70.0 Å². The third-order valence-electron chi connectivity index (χ3n) is 16.0. The SMILES string of the molecule is CC/C=C\C/C=C\C/C=C\C/C=C\C/C=C\C/C=C\C/C=C\C/C=C\C/C=C\C/C=C\CCCCCCCCCCC(=O)OC(COC(=O)CCCCCCCCCCCCCCCCCC/C=C\C/C=C\C/C=C\CCCCCCC)COP(=O)([O-])OCC[N+](C)(C)C. The van der Waals surface area contributed by atoms with E-state index in [0.29, 0.717) is 17.4 Å². The molecule has 0 rings (SSSR count). The molecular formula is C84H142NO8P. The lowest BCUT2D eigenvalue weighted by atomic mass is 10.0. The van der Waals surface area contributed by atoms with Gasteiger partial charge in [-0.15, -0.1) is 0 Å². The predicted octanol–water partition coefficient (Wildman–Crippen LogP) is 24.9. The number of allylic oxidation sites excluding steroid dienone is 26. The summed E-state index contributed by atoms with van der Waals surface area (Å²) in [6.07, 6.45) is 109. The van der Waals surface area contributed by atoms with E-state index in [1.54, 1.807) is 0 Å². The fourth-order valence-electron chi connectivity index (χ4n) is 10.2. The minimum absolute atomic E-state index is 0.0392. The van der Waals surface area contributed by atoms with Gasteiger partial charge in [-0.3, -0.25) is 14.2 Å². The average Bonchev–Trinajstić information content (AvgIpc) is 1.56. The van der Waals surface area contributed by atoms with Gasteiger partial charge in [0.15, 0.2) is 6.10 Å². The lowest BCUT2D eigenvalue weighted by Crippen LogP contribution is -2.37. The van der Waals surface area contributed by atoms with Crippen molar-refractivity contribution in [2.45, 2.75) is 315 Å². The molecule has 2 atom stereocenters. The summed E-state index contributed by atoms with van der Waals surface area (Å²) in [5.41, 5.74) is 0. The highest BCUT2D eigenvalue weighted by Crippen LogP contribution is 2.38. The summed E-state index contributed by atoms with van der Waals surface area (Å²) in [5, 5.41) is 0. The molecule has 0 saturated heterocycles. The molecule has 10 heteroatoms. The largest absolute Gasteiger partial charge is 0.756 e. The van der Waals surface area contributed by atoms with Crippen LogP contribution in [0.15, 0.2) is 158 Å². The van der Waals surface area contributed by atoms with Gasteiger partial charge in [-0.1, -0.05) is 326 Å². The van der Waals surface area contributed by atoms with Crippen LogP contribution >= 0.6 is 7.82 Å². The molecule has 0 heterocycles. The van der Waals surface area contributed by atoms with Gasteiger partial charge in [-0.25, -0.2) is 0 Å². The Morgan fingerprint density at radius 3 is 0.904 bits per heavy atom. The Bertz CT molecular complexity index is 2150. The number of hydrogen-bond donors (Lipinski definition) is 0. The van der Waals surface area contributed by atoms with E-state index in [4.69, 9.17) is 18.5 Å². The van der Waals surface area contributed by atoms with Crippen LogP contribution < -0.4 is 4.89 Å². The van der Waals surface area contributed by atoms with E-state index in [1.165, 1.54) is 154 Å². The van der Waals surface area contributed by atoms with Gasteiger partial charge in [0.2, 0.25) is 0 Å². The Kier molecular flexibility index (Phi) is 69.5. The second-order valence-corrected chi connectivity index (χ2v) is 27.7. The van der Waals surface area contributed by atoms with Crippen LogP contribution in [0, 0.1) is 0 Å². The number of nitrogens with zero attached hydrogens (tertiary/aromatic N) is 1. The molecule has 0 fully saturated rings. The van der Waals surface area contributed by atoms with Crippen molar-refractivity contribution in [3.05, 3.63) is 158 Å². The van der Waals surface area contributed by atoms with Gasteiger partial charge in [-0.2, -0.15) is 0 Å². The number of ether oxygens (including phenoxy) is 2. The van der Waals surface area contributed by atoms with Gasteiger partial charge in [0.25, 0.3) is 7.82 Å². The first-order chi connectivity index (χ1) is 46.0. The third kappa shape index (κ3) is 76.6. The summed E-state index contributed by atoms with van der Waals surface area (Å²) in [6, 6.07) is 0. The smallest absolute Gasteiger partial charge is 0.306 e. The molecule has 0 aliphatic heterocycles. The molecule has 0 radical (unpaired) electrons. The first kappa shape index (κ1) is 89.6. The lowest BCUT2D eigenvalue weighted by molar-refractivity contribution is -0.870. The van der Waals surface area contributed by atoms with Crippen LogP contribution in [0.25, 0.3) is 0 Å². The van der Waals surface area contributed by atoms with E-state index in [2.05, 4.69) is 172 Å². The zero-order valence-electron chi connectivity index (χ0n) is 61.1. The molecule has 0 aromatic carbocycles. The standard InChI is InChI=1S/C84H142NO8P/c1-6-8-10-12-14-16-18-20-22-24-26-28-30-32-34-36-38-39-40-41-42-43-44-45-47-49-51-53-55-57-59-61-63-65-67-69-71-73-75-77-84(87)93-82(81-92-94(88,89)91-79-78-85(3,4)5)80-90-83(86)76-74-72-70-68-66-64-62-60-58-56-54-52-50-48-46-37-35-33-31-29-27-25-23-21-19-17-15-13-11-9-7-2/h8,10,14,16,19-22,25-28,31-34,38-39,41-42,44-45,49,51,55,57,82H,6-7,9,11-13,15,17-18,23-24,29-30,35-37,40,43,46-48,50,52-54,56,58-81H2,1-5H3/b10-8-,16-14-,21-19-,22-20-,27-25-,28-26-,33-31-,34-32-,39-38-,42-41-,45-44-,51-49-,57-55-. The molecule has 0 amide bonds. The Labute approximate surface area is 579 Å². The number of carbonyl (C=O) groups is 2. The van der Waals surface area contributed by atoms with Crippen molar-refractivity contribution in [3.63, 3.8) is 0 Å². The highest BCUT2D eigenvalue weighted by atomic mass is 31.2. The van der Waals surface area contributed by atoms with Gasteiger partial charge in [0.05, 0.1) is 27.7 Å². The van der Waals surface area contributed by atoms with E-state index < -0.39 is 26.5 Å². The molecule has 536 valence electrons. The molecule has 0 aliphatic carbocycles. The van der Waals surface area contributed by atoms with E-state index in [1.807, 2.05) is 21.1 Å². The Morgan fingerprint density at radius 1 is 0.340 bits per heavy atom. The minimum atomic E-state index is -4.66. The van der Waals surface area contributed by atoms with E-state index in [0.717, 1.165) is 122 Å². The summed E-state index contributed by atoms with van der Waals surface area (Å²) in [4.78, 5) is 38.1. The number of carbonyl (C=O) groups excluding carboxylic acids is 2. The lowest BCUT2D eigenvalue weighted by Gasteiger charge is -2.28. The molecule has 0 aliphatic rings. The molecule has 0 saturated carbocycles. The van der Waals surface area contributed by atoms with Crippen LogP contribution in [0.4, 0.5) is 0 Å². The van der Waals surface area contributed by atoms with Gasteiger partial charge < -0.3 is 27.9 Å². The zero-order chi connectivity index (χ0) is 68.3. The summed E-state index contributed by atoms with van der Waals surface area (Å²) in [5.74, 6) is -0.844. The Hall–Kier alpha value is -4.37. The zero-order valence-corrected chi connectivity index (χ0v) is 62.0. The Balaban J connectivity index is 4.09. The molecule has 2 unspecified atom stereocenters. The number of rotatable bonds is 69. The average molecular weight is 1330 g/mol. The topological polar surface area (TPSA) is 111 Å². The van der Waals surface area contributed by atoms with Gasteiger partial charge in [0, 0.05) is 12.8 Å². The van der Waals surface area contributed by atoms with Crippen LogP contribution in [0.1, 0.15) is 309 Å². The van der Waals surface area contributed by atoms with Crippen LogP contribution in [-0.2, 0) is 32.7 Å². The summed E-state index contributed by atoms with van der Waals surface area (Å²) in [6.45, 7) is 4.11. The van der Waals surface area contributed by atoms with Crippen molar-refractivity contribution < 1.29 is 42.1 Å². The molecular weight excluding hydrogens is 1180 g/mol. The van der Waals surface area contributed by atoms with Gasteiger partial charge in [-0.05, 0) is 128 Å². The summed E-state index contributed by atoms with van der Waals surface area (Å²) >= 11 is 0. The van der Waals surface area contributed by atoms with Crippen molar-refractivity contribution in [2.75, 3.05) is 47.5 Å². The number of likely N-dealkylation sites (N-methyl/N-ethyl adjacent to an activating group) is 1. The first-order valence-electron chi connectivity index (χ1n) is 38.2. The second kappa shape index (κ2) is 72.9.